The van der Waals surface area contributed by atoms with Gasteiger partial charge in [0.2, 0.25) is 5.91 Å². The zero-order valence-corrected chi connectivity index (χ0v) is 10.8. The van der Waals surface area contributed by atoms with Gasteiger partial charge in [0.05, 0.1) is 19.3 Å². The van der Waals surface area contributed by atoms with Crippen molar-refractivity contribution < 1.29 is 9.90 Å². The predicted octanol–water partition coefficient (Wildman–Crippen LogP) is 1.27. The number of carbonyl (C=O) groups is 1. The van der Waals surface area contributed by atoms with E-state index in [1.165, 1.54) is 17.3 Å². The number of hydrogen-bond acceptors (Lipinski definition) is 4. The van der Waals surface area contributed by atoms with Gasteiger partial charge in [-0.05, 0) is 12.8 Å². The fourth-order valence-corrected chi connectivity index (χ4v) is 2.45. The van der Waals surface area contributed by atoms with E-state index in [0.717, 1.165) is 25.7 Å². The van der Waals surface area contributed by atoms with E-state index in [9.17, 15) is 4.79 Å². The van der Waals surface area contributed by atoms with Crippen LogP contribution in [0.4, 0.5) is 5.82 Å². The Morgan fingerprint density at radius 3 is 2.89 bits per heavy atom. The highest BCUT2D eigenvalue weighted by molar-refractivity contribution is 5.92. The number of nitrogens with one attached hydrogen (secondary N) is 1. The van der Waals surface area contributed by atoms with Crippen LogP contribution in [0, 0.1) is 17.2 Å². The first-order chi connectivity index (χ1) is 9.26. The van der Waals surface area contributed by atoms with Gasteiger partial charge >= 0.3 is 0 Å². The van der Waals surface area contributed by atoms with E-state index in [1.807, 2.05) is 6.07 Å². The third kappa shape index (κ3) is 3.12. The Morgan fingerprint density at radius 2 is 2.26 bits per heavy atom. The lowest BCUT2D eigenvalue weighted by Crippen LogP contribution is -2.26. The van der Waals surface area contributed by atoms with Crippen molar-refractivity contribution >= 4 is 11.7 Å². The summed E-state index contributed by atoms with van der Waals surface area (Å²) < 4.78 is 1.46. The second-order valence-electron chi connectivity index (χ2n) is 4.79. The van der Waals surface area contributed by atoms with Crippen molar-refractivity contribution in [2.75, 3.05) is 11.9 Å². The number of anilines is 1. The maximum Gasteiger partial charge on any atom is 0.228 e. The van der Waals surface area contributed by atoms with Gasteiger partial charge in [0.1, 0.15) is 17.5 Å². The Morgan fingerprint density at radius 1 is 1.53 bits per heavy atom. The second kappa shape index (κ2) is 6.34. The first kappa shape index (κ1) is 13.6. The minimum absolute atomic E-state index is 0.0257. The molecule has 1 aliphatic rings. The number of aliphatic hydroxyl groups excluding tert-OH is 1. The van der Waals surface area contributed by atoms with E-state index < -0.39 is 0 Å². The van der Waals surface area contributed by atoms with E-state index in [1.54, 1.807) is 0 Å². The maximum atomic E-state index is 12.2. The molecule has 0 aromatic carbocycles. The van der Waals surface area contributed by atoms with Crippen LogP contribution in [0.5, 0.6) is 0 Å². The molecule has 1 aliphatic carbocycles. The number of carbonyl (C=O) groups excluding carboxylic acids is 1. The molecule has 102 valence electrons. The van der Waals surface area contributed by atoms with Gasteiger partial charge in [-0.1, -0.05) is 19.3 Å². The summed E-state index contributed by atoms with van der Waals surface area (Å²) in [6.45, 7) is 0.181. The third-order valence-electron chi connectivity index (χ3n) is 3.49. The molecule has 1 aromatic heterocycles. The largest absolute Gasteiger partial charge is 0.394 e. The minimum atomic E-state index is -0.0845. The van der Waals surface area contributed by atoms with E-state index in [4.69, 9.17) is 10.4 Å². The Balaban J connectivity index is 2.10. The lowest BCUT2D eigenvalue weighted by molar-refractivity contribution is -0.120. The molecule has 1 heterocycles. The third-order valence-corrected chi connectivity index (χ3v) is 3.49. The average Bonchev–Trinajstić information content (AvgIpc) is 2.82. The molecule has 2 N–H and O–H groups in total. The highest BCUT2D eigenvalue weighted by atomic mass is 16.3. The summed E-state index contributed by atoms with van der Waals surface area (Å²) in [6.07, 6.45) is 6.57. The van der Waals surface area contributed by atoms with Crippen LogP contribution in [0.3, 0.4) is 0 Å². The highest BCUT2D eigenvalue weighted by Gasteiger charge is 2.23. The molecular formula is C13H18N4O2. The smallest absolute Gasteiger partial charge is 0.228 e. The van der Waals surface area contributed by atoms with E-state index in [2.05, 4.69) is 10.4 Å². The summed E-state index contributed by atoms with van der Waals surface area (Å²) in [6, 6.07) is 2.00. The van der Waals surface area contributed by atoms with Crippen molar-refractivity contribution in [1.82, 2.24) is 9.78 Å². The summed E-state index contributed by atoms with van der Waals surface area (Å²) in [5.41, 5.74) is 0.331. The fraction of sp³-hybridized carbons (Fsp3) is 0.615. The van der Waals surface area contributed by atoms with E-state index in [0.29, 0.717) is 11.4 Å². The lowest BCUT2D eigenvalue weighted by Gasteiger charge is -2.21. The molecule has 6 nitrogen and oxygen atoms in total. The van der Waals surface area contributed by atoms with Crippen LogP contribution >= 0.6 is 0 Å². The molecule has 0 aliphatic heterocycles. The number of hydrogen-bond donors (Lipinski definition) is 2. The van der Waals surface area contributed by atoms with Crippen molar-refractivity contribution in [3.63, 3.8) is 0 Å². The molecule has 1 amide bonds. The fourth-order valence-electron chi connectivity index (χ4n) is 2.45. The van der Waals surface area contributed by atoms with Crippen molar-refractivity contribution in [3.8, 4) is 6.07 Å². The molecule has 0 radical (unpaired) electrons. The summed E-state index contributed by atoms with van der Waals surface area (Å²) in [5.74, 6) is 0.376. The van der Waals surface area contributed by atoms with Gasteiger partial charge in [-0.2, -0.15) is 10.4 Å². The molecule has 1 fully saturated rings. The van der Waals surface area contributed by atoms with E-state index >= 15 is 0 Å². The Hall–Kier alpha value is -1.87. The molecule has 6 heteroatoms. The van der Waals surface area contributed by atoms with Crippen LogP contribution in [-0.2, 0) is 11.3 Å². The Bertz CT molecular complexity index is 483. The predicted molar refractivity (Wildman–Crippen MR) is 69.2 cm³/mol. The molecule has 0 bridgehead atoms. The van der Waals surface area contributed by atoms with Crippen molar-refractivity contribution in [1.29, 1.82) is 5.26 Å². The minimum Gasteiger partial charge on any atom is -0.394 e. The van der Waals surface area contributed by atoms with Crippen LogP contribution in [0.2, 0.25) is 0 Å². The molecule has 0 saturated heterocycles. The van der Waals surface area contributed by atoms with Crippen LogP contribution in [-0.4, -0.2) is 27.4 Å². The standard InChI is InChI=1S/C13H18N4O2/c14-8-11-9-15-17(6-7-18)12(11)16-13(19)10-4-2-1-3-5-10/h9-10,18H,1-7H2,(H,16,19). The molecular weight excluding hydrogens is 244 g/mol. The van der Waals surface area contributed by atoms with Gasteiger partial charge in [-0.25, -0.2) is 4.68 Å². The molecule has 1 aromatic rings. The molecule has 0 atom stereocenters. The second-order valence-corrected chi connectivity index (χ2v) is 4.79. The average molecular weight is 262 g/mol. The van der Waals surface area contributed by atoms with Gasteiger partial charge in [-0.3, -0.25) is 4.79 Å². The number of nitrogens with zero attached hydrogens (tertiary/aromatic N) is 3. The van der Waals surface area contributed by atoms with Gasteiger partial charge in [0, 0.05) is 5.92 Å². The molecule has 1 saturated carbocycles. The van der Waals surface area contributed by atoms with Crippen molar-refractivity contribution in [3.05, 3.63) is 11.8 Å². The van der Waals surface area contributed by atoms with Crippen molar-refractivity contribution in [2.45, 2.75) is 38.6 Å². The van der Waals surface area contributed by atoms with E-state index in [-0.39, 0.29) is 25.0 Å². The Labute approximate surface area is 112 Å². The summed E-state index contributed by atoms with van der Waals surface area (Å²) >= 11 is 0. The monoisotopic (exact) mass is 262 g/mol. The first-order valence-corrected chi connectivity index (χ1v) is 6.64. The zero-order valence-electron chi connectivity index (χ0n) is 10.8. The maximum absolute atomic E-state index is 12.2. The van der Waals surface area contributed by atoms with Crippen LogP contribution in [0.1, 0.15) is 37.7 Å². The highest BCUT2D eigenvalue weighted by Crippen LogP contribution is 2.25. The van der Waals surface area contributed by atoms with Gasteiger partial charge in [0.25, 0.3) is 0 Å². The topological polar surface area (TPSA) is 90.9 Å². The summed E-state index contributed by atoms with van der Waals surface area (Å²) in [4.78, 5) is 12.2. The Kier molecular flexibility index (Phi) is 4.53. The molecule has 19 heavy (non-hydrogen) atoms. The SMILES string of the molecule is N#Cc1cnn(CCO)c1NC(=O)C1CCCCC1. The lowest BCUT2D eigenvalue weighted by atomic mass is 9.89. The number of amides is 1. The number of rotatable bonds is 4. The quantitative estimate of drug-likeness (QED) is 0.854. The molecule has 0 unspecified atom stereocenters. The summed E-state index contributed by atoms with van der Waals surface area (Å²) in [7, 11) is 0. The number of aliphatic hydroxyl groups is 1. The molecule has 0 spiro atoms. The number of nitriles is 1. The van der Waals surface area contributed by atoms with Crippen LogP contribution < -0.4 is 5.32 Å². The summed E-state index contributed by atoms with van der Waals surface area (Å²) in [5, 5.41) is 24.7. The zero-order chi connectivity index (χ0) is 13.7. The van der Waals surface area contributed by atoms with Gasteiger partial charge in [-0.15, -0.1) is 0 Å². The number of aromatic nitrogens is 2. The van der Waals surface area contributed by atoms with Gasteiger partial charge < -0.3 is 10.4 Å². The van der Waals surface area contributed by atoms with Crippen LogP contribution in [0.15, 0.2) is 6.20 Å². The van der Waals surface area contributed by atoms with Gasteiger partial charge in [0.15, 0.2) is 0 Å². The van der Waals surface area contributed by atoms with Crippen molar-refractivity contribution in [2.24, 2.45) is 5.92 Å². The normalized spacial score (nSPS) is 16.0. The van der Waals surface area contributed by atoms with Crippen LogP contribution in [0.25, 0.3) is 0 Å². The first-order valence-electron chi connectivity index (χ1n) is 6.64. The molecule has 2 rings (SSSR count).